The SMILES string of the molecule is COc1ccc(Br)cc1CCNS(=O)(=O)c1ccccc1Br. The summed E-state index contributed by atoms with van der Waals surface area (Å²) >= 11 is 6.66. The third-order valence-electron chi connectivity index (χ3n) is 3.06. The van der Waals surface area contributed by atoms with Gasteiger partial charge in [0.15, 0.2) is 0 Å². The van der Waals surface area contributed by atoms with Crippen molar-refractivity contribution in [2.24, 2.45) is 0 Å². The standard InChI is InChI=1S/C15H15Br2NO3S/c1-21-14-7-6-12(16)10-11(14)8-9-18-22(19,20)15-5-3-2-4-13(15)17/h2-7,10,18H,8-9H2,1H3. The lowest BCUT2D eigenvalue weighted by Crippen LogP contribution is -2.26. The molecule has 118 valence electrons. The summed E-state index contributed by atoms with van der Waals surface area (Å²) in [6.07, 6.45) is 0.534. The second-order valence-corrected chi connectivity index (χ2v) is 8.04. The number of halogens is 2. The highest BCUT2D eigenvalue weighted by Gasteiger charge is 2.16. The van der Waals surface area contributed by atoms with E-state index in [1.165, 1.54) is 0 Å². The van der Waals surface area contributed by atoms with Crippen LogP contribution in [-0.4, -0.2) is 22.1 Å². The van der Waals surface area contributed by atoms with E-state index in [0.29, 0.717) is 10.9 Å². The van der Waals surface area contributed by atoms with Gasteiger partial charge in [-0.25, -0.2) is 13.1 Å². The first kappa shape index (κ1) is 17.5. The van der Waals surface area contributed by atoms with E-state index in [4.69, 9.17) is 4.74 Å². The van der Waals surface area contributed by atoms with E-state index < -0.39 is 10.0 Å². The van der Waals surface area contributed by atoms with E-state index in [2.05, 4.69) is 36.6 Å². The van der Waals surface area contributed by atoms with E-state index in [-0.39, 0.29) is 11.4 Å². The van der Waals surface area contributed by atoms with E-state index in [1.807, 2.05) is 18.2 Å². The molecular weight excluding hydrogens is 434 g/mol. The maximum absolute atomic E-state index is 12.3. The summed E-state index contributed by atoms with van der Waals surface area (Å²) in [6, 6.07) is 12.4. The Morgan fingerprint density at radius 3 is 2.55 bits per heavy atom. The zero-order valence-electron chi connectivity index (χ0n) is 11.8. The zero-order chi connectivity index (χ0) is 16.2. The molecule has 0 bridgehead atoms. The third-order valence-corrected chi connectivity index (χ3v) is 6.02. The van der Waals surface area contributed by atoms with Crippen molar-refractivity contribution in [3.8, 4) is 5.75 Å². The van der Waals surface area contributed by atoms with Crippen molar-refractivity contribution in [1.82, 2.24) is 4.72 Å². The summed E-state index contributed by atoms with van der Waals surface area (Å²) in [7, 11) is -1.94. The highest BCUT2D eigenvalue weighted by molar-refractivity contribution is 9.10. The number of hydrogen-bond donors (Lipinski definition) is 1. The minimum absolute atomic E-state index is 0.233. The van der Waals surface area contributed by atoms with Gasteiger partial charge in [-0.15, -0.1) is 0 Å². The number of hydrogen-bond acceptors (Lipinski definition) is 3. The lowest BCUT2D eigenvalue weighted by molar-refractivity contribution is 0.409. The molecule has 0 aliphatic heterocycles. The molecule has 0 aliphatic carbocycles. The monoisotopic (exact) mass is 447 g/mol. The summed E-state index contributed by atoms with van der Waals surface area (Å²) < 4.78 is 33.9. The molecule has 0 spiro atoms. The first-order valence-electron chi connectivity index (χ1n) is 6.50. The van der Waals surface area contributed by atoms with Gasteiger partial charge in [-0.05, 0) is 58.2 Å². The molecule has 0 atom stereocenters. The smallest absolute Gasteiger partial charge is 0.241 e. The minimum atomic E-state index is -3.54. The molecule has 0 aromatic heterocycles. The van der Waals surface area contributed by atoms with Crippen LogP contribution in [0, 0.1) is 0 Å². The van der Waals surface area contributed by atoms with Crippen LogP contribution < -0.4 is 9.46 Å². The van der Waals surface area contributed by atoms with Gasteiger partial charge >= 0.3 is 0 Å². The third kappa shape index (κ3) is 4.32. The van der Waals surface area contributed by atoms with Crippen molar-refractivity contribution in [1.29, 1.82) is 0 Å². The summed E-state index contributed by atoms with van der Waals surface area (Å²) in [5.41, 5.74) is 0.937. The second kappa shape index (κ2) is 7.59. The van der Waals surface area contributed by atoms with Crippen LogP contribution in [0.15, 0.2) is 56.3 Å². The van der Waals surface area contributed by atoms with Crippen LogP contribution in [0.1, 0.15) is 5.56 Å². The summed E-state index contributed by atoms with van der Waals surface area (Å²) in [4.78, 5) is 0.233. The van der Waals surface area contributed by atoms with Crippen LogP contribution >= 0.6 is 31.9 Å². The van der Waals surface area contributed by atoms with Crippen LogP contribution in [0.5, 0.6) is 5.75 Å². The fourth-order valence-corrected chi connectivity index (χ4v) is 4.44. The Morgan fingerprint density at radius 1 is 1.14 bits per heavy atom. The molecule has 2 rings (SSSR count). The first-order valence-corrected chi connectivity index (χ1v) is 9.57. The predicted molar refractivity (Wildman–Crippen MR) is 93.7 cm³/mol. The van der Waals surface area contributed by atoms with Crippen molar-refractivity contribution in [3.63, 3.8) is 0 Å². The summed E-state index contributed by atoms with van der Waals surface area (Å²) in [6.45, 7) is 0.288. The van der Waals surface area contributed by atoms with Gasteiger partial charge < -0.3 is 4.74 Å². The van der Waals surface area contributed by atoms with Crippen molar-refractivity contribution in [2.75, 3.05) is 13.7 Å². The molecule has 0 radical (unpaired) electrons. The molecule has 0 aliphatic rings. The fraction of sp³-hybridized carbons (Fsp3) is 0.200. The first-order chi connectivity index (χ1) is 10.4. The predicted octanol–water partition coefficient (Wildman–Crippen LogP) is 3.74. The largest absolute Gasteiger partial charge is 0.496 e. The Labute approximate surface area is 147 Å². The number of methoxy groups -OCH3 is 1. The van der Waals surface area contributed by atoms with E-state index >= 15 is 0 Å². The maximum Gasteiger partial charge on any atom is 0.241 e. The molecule has 0 saturated heterocycles. The van der Waals surface area contributed by atoms with Gasteiger partial charge in [-0.1, -0.05) is 28.1 Å². The van der Waals surface area contributed by atoms with Crippen LogP contribution in [0.2, 0.25) is 0 Å². The molecule has 7 heteroatoms. The second-order valence-electron chi connectivity index (χ2n) is 4.53. The average Bonchev–Trinajstić information content (AvgIpc) is 2.47. The van der Waals surface area contributed by atoms with Crippen molar-refractivity contribution >= 4 is 41.9 Å². The highest BCUT2D eigenvalue weighted by Crippen LogP contribution is 2.24. The van der Waals surface area contributed by atoms with Gasteiger partial charge in [0.1, 0.15) is 5.75 Å². The Morgan fingerprint density at radius 2 is 1.86 bits per heavy atom. The van der Waals surface area contributed by atoms with Gasteiger partial charge in [0.05, 0.1) is 12.0 Å². The van der Waals surface area contributed by atoms with E-state index in [9.17, 15) is 8.42 Å². The highest BCUT2D eigenvalue weighted by atomic mass is 79.9. The van der Waals surface area contributed by atoms with Crippen LogP contribution in [0.3, 0.4) is 0 Å². The molecular formula is C15H15Br2NO3S. The number of rotatable bonds is 6. The Balaban J connectivity index is 2.08. The van der Waals surface area contributed by atoms with E-state index in [0.717, 1.165) is 15.8 Å². The van der Waals surface area contributed by atoms with Gasteiger partial charge in [0, 0.05) is 15.5 Å². The molecule has 0 heterocycles. The lowest BCUT2D eigenvalue weighted by Gasteiger charge is -2.11. The summed E-state index contributed by atoms with van der Waals surface area (Å²) in [5, 5.41) is 0. The molecule has 4 nitrogen and oxygen atoms in total. The van der Waals surface area contributed by atoms with Gasteiger partial charge in [-0.3, -0.25) is 0 Å². The topological polar surface area (TPSA) is 55.4 Å². The number of ether oxygens (including phenoxy) is 1. The van der Waals surface area contributed by atoms with Gasteiger partial charge in [0.25, 0.3) is 0 Å². The van der Waals surface area contributed by atoms with E-state index in [1.54, 1.807) is 31.4 Å². The normalized spacial score (nSPS) is 11.4. The molecule has 0 saturated carbocycles. The Kier molecular flexibility index (Phi) is 6.02. The molecule has 0 unspecified atom stereocenters. The van der Waals surface area contributed by atoms with Crippen LogP contribution in [-0.2, 0) is 16.4 Å². The van der Waals surface area contributed by atoms with Gasteiger partial charge in [0.2, 0.25) is 10.0 Å². The van der Waals surface area contributed by atoms with Crippen LogP contribution in [0.25, 0.3) is 0 Å². The molecule has 1 N–H and O–H groups in total. The fourth-order valence-electron chi connectivity index (χ4n) is 2.00. The van der Waals surface area contributed by atoms with Gasteiger partial charge in [-0.2, -0.15) is 0 Å². The minimum Gasteiger partial charge on any atom is -0.496 e. The molecule has 0 fully saturated rings. The molecule has 22 heavy (non-hydrogen) atoms. The maximum atomic E-state index is 12.3. The number of nitrogens with one attached hydrogen (secondary N) is 1. The Hall–Kier alpha value is -0.890. The van der Waals surface area contributed by atoms with Crippen molar-refractivity contribution < 1.29 is 13.2 Å². The van der Waals surface area contributed by atoms with Crippen molar-refractivity contribution in [2.45, 2.75) is 11.3 Å². The average molecular weight is 449 g/mol. The summed E-state index contributed by atoms with van der Waals surface area (Å²) in [5.74, 6) is 0.739. The molecule has 0 amide bonds. The quantitative estimate of drug-likeness (QED) is 0.732. The molecule has 2 aromatic carbocycles. The number of sulfonamides is 1. The zero-order valence-corrected chi connectivity index (χ0v) is 15.8. The lowest BCUT2D eigenvalue weighted by atomic mass is 10.1. The van der Waals surface area contributed by atoms with Crippen LogP contribution in [0.4, 0.5) is 0 Å². The van der Waals surface area contributed by atoms with Crippen molar-refractivity contribution in [3.05, 3.63) is 57.0 Å². The Bertz CT molecular complexity index is 763. The molecule has 2 aromatic rings. The number of benzene rings is 2.